The summed E-state index contributed by atoms with van der Waals surface area (Å²) < 4.78 is 13.4. The summed E-state index contributed by atoms with van der Waals surface area (Å²) in [5, 5.41) is 20.1. The van der Waals surface area contributed by atoms with Crippen LogP contribution in [0.1, 0.15) is 5.56 Å². The van der Waals surface area contributed by atoms with Gasteiger partial charge in [-0.15, -0.1) is 4.80 Å². The van der Waals surface area contributed by atoms with Crippen molar-refractivity contribution in [2.75, 3.05) is 5.32 Å². The number of carboxylic acid groups (broad SMARTS) is 1. The molecule has 0 amide bonds. The smallest absolute Gasteiger partial charge is 0.328 e. The van der Waals surface area contributed by atoms with Gasteiger partial charge in [0.05, 0.1) is 17.4 Å². The van der Waals surface area contributed by atoms with E-state index in [4.69, 9.17) is 16.7 Å². The maximum Gasteiger partial charge on any atom is 0.328 e. The molecule has 4 rings (SSSR count). The highest BCUT2D eigenvalue weighted by Gasteiger charge is 2.14. The Morgan fingerprint density at radius 1 is 1.16 bits per heavy atom. The number of aromatic nitrogens is 5. The number of carboxylic acids is 1. The number of carbonyl (C=O) groups is 1. The van der Waals surface area contributed by atoms with Crippen molar-refractivity contribution in [2.24, 2.45) is 0 Å². The van der Waals surface area contributed by atoms with Gasteiger partial charge in [-0.3, -0.25) is 0 Å². The van der Waals surface area contributed by atoms with Crippen molar-refractivity contribution in [3.05, 3.63) is 83.5 Å². The standard InChI is InChI=1S/C21H14ClFN6O2/c22-17-11-15(5-6-18(17)23)27-21-24-12-16(20(28-21)29-25-8-9-26-29)14-3-1-2-13(10-14)4-7-19(30)31/h1-12H,(H,30,31)(H,24,27,28)/b7-4+. The molecule has 0 fully saturated rings. The fourth-order valence-corrected chi connectivity index (χ4v) is 2.98. The number of hydrogen-bond acceptors (Lipinski definition) is 6. The second-order valence-electron chi connectivity index (χ2n) is 6.30. The van der Waals surface area contributed by atoms with E-state index in [1.165, 1.54) is 41.5 Å². The second-order valence-corrected chi connectivity index (χ2v) is 6.71. The van der Waals surface area contributed by atoms with Crippen LogP contribution >= 0.6 is 11.6 Å². The van der Waals surface area contributed by atoms with Crippen molar-refractivity contribution in [1.29, 1.82) is 0 Å². The Morgan fingerprint density at radius 2 is 1.97 bits per heavy atom. The fourth-order valence-electron chi connectivity index (χ4n) is 2.79. The third-order valence-corrected chi connectivity index (χ3v) is 4.46. The van der Waals surface area contributed by atoms with Crippen LogP contribution in [0.2, 0.25) is 5.02 Å². The molecule has 0 aliphatic heterocycles. The summed E-state index contributed by atoms with van der Waals surface area (Å²) in [7, 11) is 0. The number of aliphatic carboxylic acids is 1. The molecule has 0 saturated carbocycles. The number of hydrogen-bond donors (Lipinski definition) is 2. The highest BCUT2D eigenvalue weighted by Crippen LogP contribution is 2.27. The van der Waals surface area contributed by atoms with Crippen molar-refractivity contribution in [2.45, 2.75) is 0 Å². The molecule has 0 unspecified atom stereocenters. The zero-order valence-electron chi connectivity index (χ0n) is 15.8. The Bertz CT molecular complexity index is 1280. The van der Waals surface area contributed by atoms with Gasteiger partial charge in [-0.2, -0.15) is 15.2 Å². The number of halogens is 2. The average Bonchev–Trinajstić information content (AvgIpc) is 3.30. The lowest BCUT2D eigenvalue weighted by Gasteiger charge is -2.11. The molecule has 2 N–H and O–H groups in total. The van der Waals surface area contributed by atoms with Gasteiger partial charge >= 0.3 is 5.97 Å². The van der Waals surface area contributed by atoms with E-state index in [0.717, 1.165) is 11.6 Å². The SMILES string of the molecule is O=C(O)/C=C/c1cccc(-c2cnc(Nc3ccc(F)c(Cl)c3)nc2-n2nccn2)c1. The summed E-state index contributed by atoms with van der Waals surface area (Å²) in [5.41, 5.74) is 2.59. The zero-order chi connectivity index (χ0) is 21.8. The average molecular weight is 437 g/mol. The van der Waals surface area contributed by atoms with E-state index in [2.05, 4.69) is 25.5 Å². The molecule has 4 aromatic rings. The van der Waals surface area contributed by atoms with Crippen LogP contribution < -0.4 is 5.32 Å². The Labute approximate surface area is 180 Å². The lowest BCUT2D eigenvalue weighted by Crippen LogP contribution is -2.08. The molecule has 0 aliphatic rings. The molecule has 0 saturated heterocycles. The van der Waals surface area contributed by atoms with Gasteiger partial charge < -0.3 is 10.4 Å². The van der Waals surface area contributed by atoms with Gasteiger partial charge in [0.25, 0.3) is 0 Å². The molecule has 2 aromatic carbocycles. The van der Waals surface area contributed by atoms with Crippen LogP contribution in [0.5, 0.6) is 0 Å². The molecule has 10 heteroatoms. The van der Waals surface area contributed by atoms with Gasteiger partial charge in [-0.05, 0) is 41.5 Å². The van der Waals surface area contributed by atoms with Crippen molar-refractivity contribution in [3.8, 4) is 16.9 Å². The molecule has 8 nitrogen and oxygen atoms in total. The molecule has 154 valence electrons. The topological polar surface area (TPSA) is 106 Å². The van der Waals surface area contributed by atoms with Crippen molar-refractivity contribution >= 4 is 35.3 Å². The van der Waals surface area contributed by atoms with Crippen molar-refractivity contribution < 1.29 is 14.3 Å². The molecule has 31 heavy (non-hydrogen) atoms. The molecular weight excluding hydrogens is 423 g/mol. The monoisotopic (exact) mass is 436 g/mol. The number of benzene rings is 2. The van der Waals surface area contributed by atoms with Gasteiger partial charge in [0.15, 0.2) is 5.82 Å². The molecule has 0 spiro atoms. The quantitative estimate of drug-likeness (QED) is 0.432. The van der Waals surface area contributed by atoms with E-state index in [9.17, 15) is 9.18 Å². The van der Waals surface area contributed by atoms with Crippen LogP contribution in [-0.2, 0) is 4.79 Å². The van der Waals surface area contributed by atoms with Gasteiger partial charge in [0.1, 0.15) is 5.82 Å². The second kappa shape index (κ2) is 8.72. The van der Waals surface area contributed by atoms with Crippen molar-refractivity contribution in [1.82, 2.24) is 25.0 Å². The highest BCUT2D eigenvalue weighted by atomic mass is 35.5. The van der Waals surface area contributed by atoms with Crippen LogP contribution in [0.15, 0.2) is 67.1 Å². The summed E-state index contributed by atoms with van der Waals surface area (Å²) in [6.07, 6.45) is 7.19. The van der Waals surface area contributed by atoms with E-state index in [1.54, 1.807) is 24.4 Å². The Balaban J connectivity index is 1.74. The van der Waals surface area contributed by atoms with E-state index in [0.29, 0.717) is 22.6 Å². The maximum absolute atomic E-state index is 13.4. The number of anilines is 2. The minimum absolute atomic E-state index is 0.0261. The van der Waals surface area contributed by atoms with Crippen molar-refractivity contribution in [3.63, 3.8) is 0 Å². The molecule has 0 bridgehead atoms. The third-order valence-electron chi connectivity index (χ3n) is 4.17. The first kappa shape index (κ1) is 20.2. The Morgan fingerprint density at radius 3 is 2.71 bits per heavy atom. The predicted molar refractivity (Wildman–Crippen MR) is 114 cm³/mol. The van der Waals surface area contributed by atoms with Gasteiger partial charge in [-0.1, -0.05) is 29.8 Å². The van der Waals surface area contributed by atoms with E-state index in [-0.39, 0.29) is 11.0 Å². The Hall–Kier alpha value is -4.11. The van der Waals surface area contributed by atoms with E-state index in [1.807, 2.05) is 6.07 Å². The summed E-state index contributed by atoms with van der Waals surface area (Å²) in [4.78, 5) is 21.0. The number of nitrogens with zero attached hydrogens (tertiary/aromatic N) is 5. The first-order valence-corrected chi connectivity index (χ1v) is 9.34. The summed E-state index contributed by atoms with van der Waals surface area (Å²) >= 11 is 5.84. The minimum Gasteiger partial charge on any atom is -0.478 e. The molecule has 0 aliphatic carbocycles. The Kier molecular flexibility index (Phi) is 5.67. The van der Waals surface area contributed by atoms with Crippen LogP contribution in [0.25, 0.3) is 23.0 Å². The molecule has 0 radical (unpaired) electrons. The molecular formula is C21H14ClFN6O2. The molecule has 0 atom stereocenters. The molecule has 2 aromatic heterocycles. The lowest BCUT2D eigenvalue weighted by atomic mass is 10.0. The number of rotatable bonds is 6. The maximum atomic E-state index is 13.4. The third kappa shape index (κ3) is 4.73. The zero-order valence-corrected chi connectivity index (χ0v) is 16.5. The summed E-state index contributed by atoms with van der Waals surface area (Å²) in [6, 6.07) is 11.4. The van der Waals surface area contributed by atoms with Gasteiger partial charge in [0, 0.05) is 23.5 Å². The lowest BCUT2D eigenvalue weighted by molar-refractivity contribution is -0.131. The van der Waals surface area contributed by atoms with Crippen LogP contribution in [0, 0.1) is 5.82 Å². The van der Waals surface area contributed by atoms with Crippen LogP contribution in [0.4, 0.5) is 16.0 Å². The predicted octanol–water partition coefficient (Wildman–Crippen LogP) is 4.36. The van der Waals surface area contributed by atoms with Crippen LogP contribution in [-0.4, -0.2) is 36.0 Å². The van der Waals surface area contributed by atoms with Gasteiger partial charge in [-0.25, -0.2) is 14.2 Å². The molecule has 2 heterocycles. The first-order valence-electron chi connectivity index (χ1n) is 8.97. The van der Waals surface area contributed by atoms with Gasteiger partial charge in [0.2, 0.25) is 5.95 Å². The minimum atomic E-state index is -1.04. The largest absolute Gasteiger partial charge is 0.478 e. The van der Waals surface area contributed by atoms with E-state index < -0.39 is 11.8 Å². The first-order chi connectivity index (χ1) is 15.0. The summed E-state index contributed by atoms with van der Waals surface area (Å²) in [5.74, 6) is -0.927. The number of nitrogens with one attached hydrogen (secondary N) is 1. The van der Waals surface area contributed by atoms with Crippen LogP contribution in [0.3, 0.4) is 0 Å². The highest BCUT2D eigenvalue weighted by molar-refractivity contribution is 6.31. The normalized spacial score (nSPS) is 11.0. The van der Waals surface area contributed by atoms with E-state index >= 15 is 0 Å². The summed E-state index contributed by atoms with van der Waals surface area (Å²) in [6.45, 7) is 0. The fraction of sp³-hybridized carbons (Fsp3) is 0.